The van der Waals surface area contributed by atoms with Crippen LogP contribution in [0.1, 0.15) is 5.56 Å². The Morgan fingerprint density at radius 2 is 2.00 bits per heavy atom. The van der Waals surface area contributed by atoms with Gasteiger partial charge in [-0.2, -0.15) is 4.98 Å². The van der Waals surface area contributed by atoms with E-state index in [-0.39, 0.29) is 0 Å². The van der Waals surface area contributed by atoms with Crippen molar-refractivity contribution in [3.05, 3.63) is 36.0 Å². The second-order valence-corrected chi connectivity index (χ2v) is 4.14. The van der Waals surface area contributed by atoms with Crippen molar-refractivity contribution in [2.75, 3.05) is 7.11 Å². The summed E-state index contributed by atoms with van der Waals surface area (Å²) >= 11 is 0. The average Bonchev–Trinajstić information content (AvgIpc) is 3.05. The molecule has 3 rings (SSSR count). The largest absolute Gasteiger partial charge is 0.480 e. The minimum Gasteiger partial charge on any atom is -0.480 e. The van der Waals surface area contributed by atoms with Gasteiger partial charge in [0.2, 0.25) is 11.7 Å². The molecule has 0 aromatic carbocycles. The van der Waals surface area contributed by atoms with E-state index in [0.717, 1.165) is 5.56 Å². The van der Waals surface area contributed by atoms with E-state index in [2.05, 4.69) is 25.3 Å². The molecule has 0 spiro atoms. The molecule has 0 aliphatic rings. The zero-order valence-corrected chi connectivity index (χ0v) is 11.2. The zero-order chi connectivity index (χ0) is 14.7. The predicted octanol–water partition coefficient (Wildman–Crippen LogP) is 1.06. The summed E-state index contributed by atoms with van der Waals surface area (Å²) < 4.78 is 10.1. The highest BCUT2D eigenvalue weighted by Gasteiger charge is 2.13. The smallest absolute Gasteiger partial charge is 0.276 e. The van der Waals surface area contributed by atoms with Gasteiger partial charge in [-0.25, -0.2) is 0 Å². The number of pyridine rings is 1. The van der Waals surface area contributed by atoms with Crippen LogP contribution < -0.4 is 10.5 Å². The van der Waals surface area contributed by atoms with Crippen molar-refractivity contribution in [2.24, 2.45) is 5.73 Å². The van der Waals surface area contributed by atoms with Crippen molar-refractivity contribution in [1.82, 2.24) is 25.3 Å². The van der Waals surface area contributed by atoms with Crippen molar-refractivity contribution in [3.8, 4) is 29.0 Å². The summed E-state index contributed by atoms with van der Waals surface area (Å²) in [6, 6.07) is 7.01. The Hall–Kier alpha value is -2.87. The van der Waals surface area contributed by atoms with Crippen LogP contribution in [0, 0.1) is 0 Å². The molecule has 3 aromatic heterocycles. The monoisotopic (exact) mass is 284 g/mol. The van der Waals surface area contributed by atoms with Crippen LogP contribution in [0.4, 0.5) is 0 Å². The number of ether oxygens (including phenoxy) is 1. The van der Waals surface area contributed by atoms with Crippen LogP contribution in [0.25, 0.3) is 23.1 Å². The SMILES string of the molecule is COc1ccc(-c2noc(-c3ccc(CN)cn3)n2)nn1. The molecule has 0 amide bonds. The number of rotatable bonds is 4. The first-order chi connectivity index (χ1) is 10.3. The van der Waals surface area contributed by atoms with Gasteiger partial charge in [-0.1, -0.05) is 11.2 Å². The van der Waals surface area contributed by atoms with Crippen LogP contribution in [-0.4, -0.2) is 32.4 Å². The normalized spacial score (nSPS) is 10.6. The second kappa shape index (κ2) is 5.63. The molecule has 3 heterocycles. The zero-order valence-electron chi connectivity index (χ0n) is 11.2. The van der Waals surface area contributed by atoms with Gasteiger partial charge in [0.25, 0.3) is 5.89 Å². The maximum Gasteiger partial charge on any atom is 0.276 e. The Labute approximate surface area is 120 Å². The van der Waals surface area contributed by atoms with E-state index in [4.69, 9.17) is 15.0 Å². The van der Waals surface area contributed by atoms with Gasteiger partial charge in [0.1, 0.15) is 11.4 Å². The minimum atomic E-state index is 0.311. The lowest BCUT2D eigenvalue weighted by molar-refractivity contribution is 0.392. The third-order valence-electron chi connectivity index (χ3n) is 2.78. The first-order valence-corrected chi connectivity index (χ1v) is 6.17. The molecule has 0 unspecified atom stereocenters. The first kappa shape index (κ1) is 13.1. The van der Waals surface area contributed by atoms with Gasteiger partial charge in [-0.15, -0.1) is 10.2 Å². The molecule has 0 aliphatic carbocycles. The van der Waals surface area contributed by atoms with Crippen molar-refractivity contribution in [2.45, 2.75) is 6.54 Å². The van der Waals surface area contributed by atoms with Crippen LogP contribution in [0.3, 0.4) is 0 Å². The molecular formula is C13H12N6O2. The van der Waals surface area contributed by atoms with E-state index >= 15 is 0 Å². The van der Waals surface area contributed by atoms with Crippen molar-refractivity contribution in [3.63, 3.8) is 0 Å². The highest BCUT2D eigenvalue weighted by molar-refractivity contribution is 5.53. The Bertz CT molecular complexity index is 661. The van der Waals surface area contributed by atoms with Gasteiger partial charge in [-0.3, -0.25) is 4.98 Å². The number of nitrogens with zero attached hydrogens (tertiary/aromatic N) is 5. The van der Waals surface area contributed by atoms with Gasteiger partial charge in [-0.05, 0) is 17.7 Å². The Morgan fingerprint density at radius 3 is 2.62 bits per heavy atom. The van der Waals surface area contributed by atoms with Crippen LogP contribution in [-0.2, 0) is 6.54 Å². The van der Waals surface area contributed by atoms with Gasteiger partial charge in [0, 0.05) is 18.8 Å². The molecule has 0 saturated heterocycles. The first-order valence-electron chi connectivity index (χ1n) is 6.17. The molecule has 21 heavy (non-hydrogen) atoms. The number of methoxy groups -OCH3 is 1. The molecule has 0 bridgehead atoms. The summed E-state index contributed by atoms with van der Waals surface area (Å²) in [6.07, 6.45) is 1.67. The van der Waals surface area contributed by atoms with Gasteiger partial charge in [0.05, 0.1) is 7.11 Å². The topological polar surface area (TPSA) is 113 Å². The van der Waals surface area contributed by atoms with Gasteiger partial charge >= 0.3 is 0 Å². The highest BCUT2D eigenvalue weighted by Crippen LogP contribution is 2.19. The molecule has 0 aliphatic heterocycles. The molecule has 3 aromatic rings. The average molecular weight is 284 g/mol. The van der Waals surface area contributed by atoms with Crippen LogP contribution in [0.5, 0.6) is 5.88 Å². The lowest BCUT2D eigenvalue weighted by atomic mass is 10.2. The molecule has 8 heteroatoms. The highest BCUT2D eigenvalue weighted by atomic mass is 16.5. The summed E-state index contributed by atoms with van der Waals surface area (Å²) in [7, 11) is 1.52. The number of hydrogen-bond donors (Lipinski definition) is 1. The van der Waals surface area contributed by atoms with Crippen molar-refractivity contribution < 1.29 is 9.26 Å². The molecule has 0 atom stereocenters. The van der Waals surface area contributed by atoms with Gasteiger partial charge < -0.3 is 15.0 Å². The quantitative estimate of drug-likeness (QED) is 0.756. The predicted molar refractivity (Wildman–Crippen MR) is 73.0 cm³/mol. The van der Waals surface area contributed by atoms with Crippen LogP contribution >= 0.6 is 0 Å². The summed E-state index contributed by atoms with van der Waals surface area (Å²) in [5.41, 5.74) is 7.52. The molecule has 2 N–H and O–H groups in total. The minimum absolute atomic E-state index is 0.311. The number of nitrogens with two attached hydrogens (primary N) is 1. The lowest BCUT2D eigenvalue weighted by Gasteiger charge is -1.97. The van der Waals surface area contributed by atoms with Crippen LogP contribution in [0.2, 0.25) is 0 Å². The number of hydrogen-bond acceptors (Lipinski definition) is 8. The van der Waals surface area contributed by atoms with E-state index in [1.54, 1.807) is 24.4 Å². The fraction of sp³-hybridized carbons (Fsp3) is 0.154. The molecule has 0 fully saturated rings. The maximum absolute atomic E-state index is 5.53. The Kier molecular flexibility index (Phi) is 3.52. The fourth-order valence-corrected chi connectivity index (χ4v) is 1.65. The molecule has 106 valence electrons. The van der Waals surface area contributed by atoms with E-state index in [9.17, 15) is 0 Å². The third-order valence-corrected chi connectivity index (χ3v) is 2.78. The number of aromatic nitrogens is 5. The lowest BCUT2D eigenvalue weighted by Crippen LogP contribution is -1.97. The van der Waals surface area contributed by atoms with E-state index in [1.807, 2.05) is 6.07 Å². The summed E-state index contributed by atoms with van der Waals surface area (Å²) in [5, 5.41) is 11.7. The fourth-order valence-electron chi connectivity index (χ4n) is 1.65. The second-order valence-electron chi connectivity index (χ2n) is 4.14. The summed E-state index contributed by atoms with van der Waals surface area (Å²) in [6.45, 7) is 0.434. The van der Waals surface area contributed by atoms with E-state index in [0.29, 0.717) is 35.5 Å². The molecule has 8 nitrogen and oxygen atoms in total. The van der Waals surface area contributed by atoms with Crippen LogP contribution in [0.15, 0.2) is 35.0 Å². The third kappa shape index (κ3) is 2.70. The van der Waals surface area contributed by atoms with E-state index < -0.39 is 0 Å². The molecule has 0 radical (unpaired) electrons. The Balaban J connectivity index is 1.87. The molecular weight excluding hydrogens is 272 g/mol. The van der Waals surface area contributed by atoms with Gasteiger partial charge in [0.15, 0.2) is 0 Å². The van der Waals surface area contributed by atoms with Crippen molar-refractivity contribution >= 4 is 0 Å². The molecule has 0 saturated carbocycles. The summed E-state index contributed by atoms with van der Waals surface area (Å²) in [4.78, 5) is 8.47. The summed E-state index contributed by atoms with van der Waals surface area (Å²) in [5.74, 6) is 1.07. The maximum atomic E-state index is 5.53. The van der Waals surface area contributed by atoms with Crippen molar-refractivity contribution in [1.29, 1.82) is 0 Å². The Morgan fingerprint density at radius 1 is 1.14 bits per heavy atom. The standard InChI is InChI=1S/C13H12N6O2/c1-20-11-5-4-9(17-18-11)12-16-13(21-19-12)10-3-2-8(6-14)7-15-10/h2-5,7H,6,14H2,1H3. The van der Waals surface area contributed by atoms with E-state index in [1.165, 1.54) is 7.11 Å².